The maximum absolute atomic E-state index is 4.23. The average molecular weight is 312 g/mol. The molecular formula is C11H6Br2N. The predicted molar refractivity (Wildman–Crippen MR) is 63.9 cm³/mol. The van der Waals surface area contributed by atoms with E-state index in [0.717, 1.165) is 20.2 Å². The molecule has 0 spiro atoms. The van der Waals surface area contributed by atoms with Crippen LogP contribution in [0.1, 0.15) is 0 Å². The molecule has 0 atom stereocenters. The minimum absolute atomic E-state index is 0.950. The van der Waals surface area contributed by atoms with E-state index in [1.165, 1.54) is 0 Å². The van der Waals surface area contributed by atoms with Crippen molar-refractivity contribution in [3.05, 3.63) is 51.5 Å². The molecule has 0 N–H and O–H groups in total. The van der Waals surface area contributed by atoms with Gasteiger partial charge in [0.1, 0.15) is 0 Å². The van der Waals surface area contributed by atoms with Gasteiger partial charge in [-0.1, -0.05) is 37.9 Å². The van der Waals surface area contributed by atoms with Crippen LogP contribution in [0.25, 0.3) is 11.3 Å². The maximum Gasteiger partial charge on any atom is 0.0703 e. The second kappa shape index (κ2) is 4.24. The van der Waals surface area contributed by atoms with Crippen molar-refractivity contribution in [2.75, 3.05) is 0 Å². The Labute approximate surface area is 99.4 Å². The van der Waals surface area contributed by atoms with Gasteiger partial charge in [0.25, 0.3) is 0 Å². The van der Waals surface area contributed by atoms with E-state index in [1.54, 1.807) is 6.20 Å². The van der Waals surface area contributed by atoms with E-state index >= 15 is 0 Å². The molecule has 3 heteroatoms. The highest BCUT2D eigenvalue weighted by atomic mass is 79.9. The molecule has 0 aliphatic carbocycles. The molecule has 2 aromatic rings. The van der Waals surface area contributed by atoms with Crippen LogP contribution in [0.3, 0.4) is 0 Å². The lowest BCUT2D eigenvalue weighted by Crippen LogP contribution is -1.82. The predicted octanol–water partition coefficient (Wildman–Crippen LogP) is 4.07. The SMILES string of the molecule is Brc1cc(Br)cc(-c2cc[c]cn2)c1. The molecule has 1 aromatic heterocycles. The molecule has 14 heavy (non-hydrogen) atoms. The Morgan fingerprint density at radius 1 is 1.07 bits per heavy atom. The summed E-state index contributed by atoms with van der Waals surface area (Å²) in [6.07, 6.45) is 1.67. The van der Waals surface area contributed by atoms with Gasteiger partial charge in [-0.25, -0.2) is 0 Å². The minimum Gasteiger partial charge on any atom is -0.256 e. The van der Waals surface area contributed by atoms with Crippen LogP contribution in [0.15, 0.2) is 45.5 Å². The molecule has 0 aliphatic rings. The number of pyridine rings is 1. The van der Waals surface area contributed by atoms with E-state index in [2.05, 4.69) is 42.9 Å². The summed E-state index contributed by atoms with van der Waals surface area (Å²) in [6.45, 7) is 0. The molecule has 2 rings (SSSR count). The minimum atomic E-state index is 0.950. The van der Waals surface area contributed by atoms with Crippen molar-refractivity contribution in [2.24, 2.45) is 0 Å². The van der Waals surface area contributed by atoms with Crippen molar-refractivity contribution in [1.82, 2.24) is 4.98 Å². The molecule has 0 bridgehead atoms. The van der Waals surface area contributed by atoms with Crippen LogP contribution < -0.4 is 0 Å². The van der Waals surface area contributed by atoms with E-state index in [0.29, 0.717) is 0 Å². The Kier molecular flexibility index (Phi) is 2.99. The summed E-state index contributed by atoms with van der Waals surface area (Å²) < 4.78 is 2.08. The fourth-order valence-corrected chi connectivity index (χ4v) is 2.49. The Bertz CT molecular complexity index is 420. The van der Waals surface area contributed by atoms with E-state index in [9.17, 15) is 0 Å². The van der Waals surface area contributed by atoms with Crippen molar-refractivity contribution in [1.29, 1.82) is 0 Å². The molecule has 1 heterocycles. The lowest BCUT2D eigenvalue weighted by Gasteiger charge is -2.01. The van der Waals surface area contributed by atoms with Gasteiger partial charge in [0.05, 0.1) is 5.69 Å². The average Bonchev–Trinajstić information content (AvgIpc) is 2.18. The molecule has 1 aromatic carbocycles. The molecule has 1 nitrogen and oxygen atoms in total. The number of hydrogen-bond acceptors (Lipinski definition) is 1. The van der Waals surface area contributed by atoms with Crippen molar-refractivity contribution < 1.29 is 0 Å². The highest BCUT2D eigenvalue weighted by Crippen LogP contribution is 2.26. The van der Waals surface area contributed by atoms with Gasteiger partial charge >= 0.3 is 0 Å². The molecular weight excluding hydrogens is 306 g/mol. The standard InChI is InChI=1S/C11H6Br2N/c12-9-5-8(6-10(13)7-9)11-3-1-2-4-14-11/h1,3-7H. The topological polar surface area (TPSA) is 12.9 Å². The molecule has 0 saturated carbocycles. The third kappa shape index (κ3) is 2.22. The van der Waals surface area contributed by atoms with Crippen molar-refractivity contribution >= 4 is 31.9 Å². The number of hydrogen-bond donors (Lipinski definition) is 0. The number of halogens is 2. The molecule has 0 aliphatic heterocycles. The van der Waals surface area contributed by atoms with Gasteiger partial charge in [0.15, 0.2) is 0 Å². The largest absolute Gasteiger partial charge is 0.256 e. The summed E-state index contributed by atoms with van der Waals surface area (Å²) in [7, 11) is 0. The smallest absolute Gasteiger partial charge is 0.0703 e. The number of rotatable bonds is 1. The van der Waals surface area contributed by atoms with Crippen LogP contribution in [-0.4, -0.2) is 4.98 Å². The van der Waals surface area contributed by atoms with Crippen LogP contribution in [0.4, 0.5) is 0 Å². The van der Waals surface area contributed by atoms with Gasteiger partial charge in [-0.15, -0.1) is 0 Å². The third-order valence-corrected chi connectivity index (χ3v) is 2.69. The van der Waals surface area contributed by atoms with Crippen LogP contribution in [0, 0.1) is 6.07 Å². The molecule has 0 saturated heterocycles. The Hall–Kier alpha value is -0.670. The summed E-state index contributed by atoms with van der Waals surface area (Å²) in [6, 6.07) is 12.8. The number of aromatic nitrogens is 1. The third-order valence-electron chi connectivity index (χ3n) is 1.77. The van der Waals surface area contributed by atoms with Gasteiger partial charge in [-0.3, -0.25) is 4.98 Å². The second-order valence-electron chi connectivity index (χ2n) is 2.80. The normalized spacial score (nSPS) is 10.1. The Balaban J connectivity index is 2.52. The van der Waals surface area contributed by atoms with E-state index in [4.69, 9.17) is 0 Å². The van der Waals surface area contributed by atoms with Crippen molar-refractivity contribution in [2.45, 2.75) is 0 Å². The monoisotopic (exact) mass is 310 g/mol. The highest BCUT2D eigenvalue weighted by molar-refractivity contribution is 9.11. The first kappa shape index (κ1) is 9.87. The number of benzene rings is 1. The molecule has 69 valence electrons. The first-order valence-electron chi connectivity index (χ1n) is 4.04. The zero-order valence-corrected chi connectivity index (χ0v) is 10.3. The first-order chi connectivity index (χ1) is 6.75. The lowest BCUT2D eigenvalue weighted by molar-refractivity contribution is 1.32. The molecule has 0 amide bonds. The molecule has 0 fully saturated rings. The van der Waals surface area contributed by atoms with Gasteiger partial charge in [-0.05, 0) is 24.3 Å². The summed E-state index contributed by atoms with van der Waals surface area (Å²) in [5.41, 5.74) is 2.03. The van der Waals surface area contributed by atoms with Crippen LogP contribution in [-0.2, 0) is 0 Å². The lowest BCUT2D eigenvalue weighted by atomic mass is 10.1. The van der Waals surface area contributed by atoms with Gasteiger partial charge in [0, 0.05) is 26.8 Å². The summed E-state index contributed by atoms with van der Waals surface area (Å²) in [5.74, 6) is 0. The fourth-order valence-electron chi connectivity index (χ4n) is 1.19. The summed E-state index contributed by atoms with van der Waals surface area (Å²) >= 11 is 6.89. The van der Waals surface area contributed by atoms with E-state index in [-0.39, 0.29) is 0 Å². The van der Waals surface area contributed by atoms with Gasteiger partial charge in [0.2, 0.25) is 0 Å². The first-order valence-corrected chi connectivity index (χ1v) is 5.63. The second-order valence-corrected chi connectivity index (χ2v) is 4.63. The van der Waals surface area contributed by atoms with E-state index < -0.39 is 0 Å². The van der Waals surface area contributed by atoms with E-state index in [1.807, 2.05) is 30.3 Å². The van der Waals surface area contributed by atoms with Crippen LogP contribution in [0.5, 0.6) is 0 Å². The molecule has 0 unspecified atom stereocenters. The quantitative estimate of drug-likeness (QED) is 0.773. The summed E-state index contributed by atoms with van der Waals surface area (Å²) in [4.78, 5) is 4.23. The Morgan fingerprint density at radius 2 is 1.79 bits per heavy atom. The van der Waals surface area contributed by atoms with Gasteiger partial charge in [-0.2, -0.15) is 0 Å². The highest BCUT2D eigenvalue weighted by Gasteiger charge is 2.00. The van der Waals surface area contributed by atoms with Crippen molar-refractivity contribution in [3.8, 4) is 11.3 Å². The van der Waals surface area contributed by atoms with Crippen molar-refractivity contribution in [3.63, 3.8) is 0 Å². The van der Waals surface area contributed by atoms with Crippen LogP contribution >= 0.6 is 31.9 Å². The zero-order valence-electron chi connectivity index (χ0n) is 7.17. The fraction of sp³-hybridized carbons (Fsp3) is 0. The number of nitrogens with zero attached hydrogens (tertiary/aromatic N) is 1. The summed E-state index contributed by atoms with van der Waals surface area (Å²) in [5, 5.41) is 0. The Morgan fingerprint density at radius 3 is 2.36 bits per heavy atom. The molecule has 1 radical (unpaired) electrons. The zero-order chi connectivity index (χ0) is 9.97. The van der Waals surface area contributed by atoms with Gasteiger partial charge < -0.3 is 0 Å². The van der Waals surface area contributed by atoms with Crippen LogP contribution in [0.2, 0.25) is 0 Å². The maximum atomic E-state index is 4.23.